The van der Waals surface area contributed by atoms with Gasteiger partial charge < -0.3 is 4.90 Å². The number of nitrogens with zero attached hydrogens (tertiary/aromatic N) is 1. The van der Waals surface area contributed by atoms with Gasteiger partial charge in [0.25, 0.3) is 0 Å². The van der Waals surface area contributed by atoms with Gasteiger partial charge in [-0.05, 0) is 58.1 Å². The first-order valence-corrected chi connectivity index (χ1v) is 8.42. The highest BCUT2D eigenvalue weighted by Crippen LogP contribution is 2.47. The van der Waals surface area contributed by atoms with E-state index in [4.69, 9.17) is 0 Å². The fourth-order valence-electron chi connectivity index (χ4n) is 3.34. The lowest BCUT2D eigenvalue weighted by molar-refractivity contribution is -0.136. The van der Waals surface area contributed by atoms with E-state index in [-0.39, 0.29) is 23.7 Å². The molecule has 20 heavy (non-hydrogen) atoms. The molecule has 1 amide bonds. The Balaban J connectivity index is 1.95. The van der Waals surface area contributed by atoms with E-state index < -0.39 is 0 Å². The zero-order valence-electron chi connectivity index (χ0n) is 12.8. The summed E-state index contributed by atoms with van der Waals surface area (Å²) in [5.74, 6) is 0.938. The van der Waals surface area contributed by atoms with Crippen LogP contribution in [0.2, 0.25) is 0 Å². The molecular formula is C16H24N2OS. The van der Waals surface area contributed by atoms with E-state index in [0.29, 0.717) is 5.92 Å². The third-order valence-corrected chi connectivity index (χ3v) is 5.84. The molecule has 1 saturated carbocycles. The minimum absolute atomic E-state index is 0.0274. The number of rotatable bonds is 4. The maximum Gasteiger partial charge on any atom is 0.241 e. The van der Waals surface area contributed by atoms with Crippen molar-refractivity contribution in [3.8, 4) is 0 Å². The first-order valence-electron chi connectivity index (χ1n) is 7.60. The van der Waals surface area contributed by atoms with E-state index >= 15 is 0 Å². The standard InChI is InChI=1S/C16H24N2OS/c1-5-12-15(19)18(16(3,4)11-7-8-11)14(17-12)13-9-6-10(2)20-13/h6,9,11-12,14,17H,5,7-8H2,1-4H3. The second-order valence-electron chi connectivity index (χ2n) is 6.61. The molecule has 0 bridgehead atoms. The lowest BCUT2D eigenvalue weighted by Gasteiger charge is -2.39. The Morgan fingerprint density at radius 2 is 2.10 bits per heavy atom. The summed E-state index contributed by atoms with van der Waals surface area (Å²) >= 11 is 1.80. The predicted molar refractivity (Wildman–Crippen MR) is 82.7 cm³/mol. The fourth-order valence-corrected chi connectivity index (χ4v) is 4.27. The number of hydrogen-bond acceptors (Lipinski definition) is 3. The molecule has 0 spiro atoms. The molecule has 1 saturated heterocycles. The minimum atomic E-state index is -0.0451. The molecule has 3 rings (SSSR count). The summed E-state index contributed by atoms with van der Waals surface area (Å²) in [4.78, 5) is 17.5. The van der Waals surface area contributed by atoms with Crippen LogP contribution < -0.4 is 5.32 Å². The predicted octanol–water partition coefficient (Wildman–Crippen LogP) is 3.45. The molecule has 2 heterocycles. The molecule has 0 radical (unpaired) electrons. The molecule has 2 aliphatic rings. The topological polar surface area (TPSA) is 32.3 Å². The number of hydrogen-bond donors (Lipinski definition) is 1. The Labute approximate surface area is 125 Å². The molecule has 3 nitrogen and oxygen atoms in total. The van der Waals surface area contributed by atoms with E-state index in [1.54, 1.807) is 11.3 Å². The van der Waals surface area contributed by atoms with Crippen LogP contribution in [-0.4, -0.2) is 22.4 Å². The number of thiophene rings is 1. The first-order chi connectivity index (χ1) is 9.45. The largest absolute Gasteiger partial charge is 0.315 e. The van der Waals surface area contributed by atoms with Crippen LogP contribution in [0.3, 0.4) is 0 Å². The van der Waals surface area contributed by atoms with Crippen LogP contribution in [0.15, 0.2) is 12.1 Å². The number of nitrogens with one attached hydrogen (secondary N) is 1. The summed E-state index contributed by atoms with van der Waals surface area (Å²) in [5.41, 5.74) is -0.0451. The van der Waals surface area contributed by atoms with Gasteiger partial charge in [0, 0.05) is 15.3 Å². The van der Waals surface area contributed by atoms with E-state index in [0.717, 1.165) is 6.42 Å². The van der Waals surface area contributed by atoms with Gasteiger partial charge in [-0.15, -0.1) is 11.3 Å². The van der Waals surface area contributed by atoms with Crippen molar-refractivity contribution in [3.63, 3.8) is 0 Å². The Morgan fingerprint density at radius 1 is 1.40 bits per heavy atom. The average molecular weight is 292 g/mol. The summed E-state index contributed by atoms with van der Waals surface area (Å²) in [6.07, 6.45) is 3.42. The fraction of sp³-hybridized carbons (Fsp3) is 0.688. The van der Waals surface area contributed by atoms with E-state index in [1.807, 2.05) is 0 Å². The summed E-state index contributed by atoms with van der Waals surface area (Å²) in [6.45, 7) is 8.67. The van der Waals surface area contributed by atoms with E-state index in [9.17, 15) is 4.79 Å². The first kappa shape index (κ1) is 14.1. The van der Waals surface area contributed by atoms with Crippen molar-refractivity contribution in [2.45, 2.75) is 64.7 Å². The van der Waals surface area contributed by atoms with E-state index in [1.165, 1.54) is 22.6 Å². The second kappa shape index (κ2) is 4.85. The Bertz CT molecular complexity index is 518. The molecule has 1 aliphatic carbocycles. The van der Waals surface area contributed by atoms with Gasteiger partial charge in [0.2, 0.25) is 5.91 Å². The van der Waals surface area contributed by atoms with Gasteiger partial charge >= 0.3 is 0 Å². The maximum atomic E-state index is 12.8. The summed E-state index contributed by atoms with van der Waals surface area (Å²) in [6, 6.07) is 4.28. The molecule has 1 aromatic rings. The van der Waals surface area contributed by atoms with Crippen molar-refractivity contribution in [1.29, 1.82) is 0 Å². The lowest BCUT2D eigenvalue weighted by Crippen LogP contribution is -2.49. The van der Waals surface area contributed by atoms with Crippen LogP contribution >= 0.6 is 11.3 Å². The number of carbonyl (C=O) groups is 1. The van der Waals surface area contributed by atoms with Crippen molar-refractivity contribution in [2.75, 3.05) is 0 Å². The molecule has 1 aliphatic heterocycles. The molecule has 110 valence electrons. The second-order valence-corrected chi connectivity index (χ2v) is 7.93. The zero-order chi connectivity index (χ0) is 14.5. The van der Waals surface area contributed by atoms with Crippen LogP contribution in [0.5, 0.6) is 0 Å². The maximum absolute atomic E-state index is 12.8. The van der Waals surface area contributed by atoms with Gasteiger partial charge in [-0.3, -0.25) is 10.1 Å². The van der Waals surface area contributed by atoms with Crippen LogP contribution in [0.25, 0.3) is 0 Å². The van der Waals surface area contributed by atoms with Crippen molar-refractivity contribution >= 4 is 17.2 Å². The Kier molecular flexibility index (Phi) is 3.41. The van der Waals surface area contributed by atoms with Gasteiger partial charge in [-0.2, -0.15) is 0 Å². The monoisotopic (exact) mass is 292 g/mol. The molecular weight excluding hydrogens is 268 g/mol. The number of carbonyl (C=O) groups excluding carboxylic acids is 1. The van der Waals surface area contributed by atoms with Gasteiger partial charge in [0.15, 0.2) is 0 Å². The number of aryl methyl sites for hydroxylation is 1. The molecule has 1 N–H and O–H groups in total. The van der Waals surface area contributed by atoms with Crippen LogP contribution in [0.1, 0.15) is 56.0 Å². The smallest absolute Gasteiger partial charge is 0.241 e. The van der Waals surface area contributed by atoms with Crippen molar-refractivity contribution in [3.05, 3.63) is 21.9 Å². The third kappa shape index (κ3) is 2.19. The molecule has 0 aromatic carbocycles. The quantitative estimate of drug-likeness (QED) is 0.922. The van der Waals surface area contributed by atoms with Gasteiger partial charge in [0.1, 0.15) is 6.17 Å². The zero-order valence-corrected chi connectivity index (χ0v) is 13.6. The van der Waals surface area contributed by atoms with Crippen molar-refractivity contribution < 1.29 is 4.79 Å². The number of amides is 1. The van der Waals surface area contributed by atoms with Crippen molar-refractivity contribution in [2.24, 2.45) is 5.92 Å². The lowest BCUT2D eigenvalue weighted by atomic mass is 9.95. The van der Waals surface area contributed by atoms with Crippen molar-refractivity contribution in [1.82, 2.24) is 10.2 Å². The molecule has 2 atom stereocenters. The summed E-state index contributed by atoms with van der Waals surface area (Å²) in [7, 11) is 0. The summed E-state index contributed by atoms with van der Waals surface area (Å²) < 4.78 is 0. The Morgan fingerprint density at radius 3 is 2.60 bits per heavy atom. The van der Waals surface area contributed by atoms with Crippen LogP contribution in [0.4, 0.5) is 0 Å². The molecule has 2 unspecified atom stereocenters. The highest BCUT2D eigenvalue weighted by Gasteiger charge is 2.51. The highest BCUT2D eigenvalue weighted by molar-refractivity contribution is 7.12. The van der Waals surface area contributed by atoms with Gasteiger partial charge in [0.05, 0.1) is 6.04 Å². The normalized spacial score (nSPS) is 27.4. The molecule has 4 heteroatoms. The Hall–Kier alpha value is -0.870. The van der Waals surface area contributed by atoms with Crippen LogP contribution in [0, 0.1) is 12.8 Å². The molecule has 1 aromatic heterocycles. The average Bonchev–Trinajstić information content (AvgIpc) is 3.09. The summed E-state index contributed by atoms with van der Waals surface area (Å²) in [5, 5.41) is 3.55. The van der Waals surface area contributed by atoms with Gasteiger partial charge in [-0.25, -0.2) is 0 Å². The molecule has 2 fully saturated rings. The van der Waals surface area contributed by atoms with Gasteiger partial charge in [-0.1, -0.05) is 6.92 Å². The van der Waals surface area contributed by atoms with Crippen LogP contribution in [-0.2, 0) is 4.79 Å². The highest BCUT2D eigenvalue weighted by atomic mass is 32.1. The van der Waals surface area contributed by atoms with E-state index in [2.05, 4.69) is 50.0 Å². The minimum Gasteiger partial charge on any atom is -0.315 e. The SMILES string of the molecule is CCC1NC(c2ccc(C)s2)N(C(C)(C)C2CC2)C1=O. The third-order valence-electron chi connectivity index (χ3n) is 4.79.